The molecule has 1 saturated carbocycles. The maximum absolute atomic E-state index is 12.1. The third-order valence-corrected chi connectivity index (χ3v) is 5.41. The van der Waals surface area contributed by atoms with Gasteiger partial charge in [0.25, 0.3) is 0 Å². The monoisotopic (exact) mass is 287 g/mol. The van der Waals surface area contributed by atoms with Gasteiger partial charge in [-0.05, 0) is 24.7 Å². The van der Waals surface area contributed by atoms with Crippen molar-refractivity contribution in [3.05, 3.63) is 12.4 Å². The van der Waals surface area contributed by atoms with E-state index in [2.05, 4.69) is 16.7 Å². The molecule has 0 aliphatic heterocycles. The zero-order chi connectivity index (χ0) is 13.9. The maximum atomic E-state index is 12.1. The molecule has 6 nitrogen and oxygen atoms in total. The summed E-state index contributed by atoms with van der Waals surface area (Å²) in [5.74, 6) is 0. The van der Waals surface area contributed by atoms with Crippen LogP contribution in [0.3, 0.4) is 0 Å². The molecule has 0 radical (unpaired) electrons. The van der Waals surface area contributed by atoms with Crippen molar-refractivity contribution in [2.45, 2.75) is 44.0 Å². The van der Waals surface area contributed by atoms with Crippen LogP contribution in [0.4, 0.5) is 0 Å². The number of nitrogens with zero attached hydrogens (tertiary/aromatic N) is 2. The van der Waals surface area contributed by atoms with Crippen molar-refractivity contribution in [1.82, 2.24) is 14.5 Å². The third kappa shape index (κ3) is 3.16. The van der Waals surface area contributed by atoms with Crippen molar-refractivity contribution >= 4 is 10.0 Å². The van der Waals surface area contributed by atoms with Crippen LogP contribution in [0.25, 0.3) is 0 Å². The Morgan fingerprint density at radius 2 is 2.26 bits per heavy atom. The van der Waals surface area contributed by atoms with Gasteiger partial charge in [0.15, 0.2) is 0 Å². The summed E-state index contributed by atoms with van der Waals surface area (Å²) in [7, 11) is -3.49. The molecule has 1 aliphatic carbocycles. The molecule has 108 valence electrons. The van der Waals surface area contributed by atoms with Crippen LogP contribution < -0.4 is 4.72 Å². The fourth-order valence-corrected chi connectivity index (χ4v) is 3.48. The molecular weight excluding hydrogens is 266 g/mol. The van der Waals surface area contributed by atoms with Crippen LogP contribution in [0.2, 0.25) is 0 Å². The first-order valence-electron chi connectivity index (χ1n) is 6.64. The average molecular weight is 287 g/mol. The molecular formula is C12H21N3O3S. The number of hydrogen-bond acceptors (Lipinski definition) is 4. The van der Waals surface area contributed by atoms with Crippen LogP contribution in [0, 0.1) is 5.41 Å². The molecule has 2 rings (SSSR count). The minimum absolute atomic E-state index is 0.0620. The van der Waals surface area contributed by atoms with Crippen LogP contribution >= 0.6 is 0 Å². The van der Waals surface area contributed by atoms with Gasteiger partial charge in [0.1, 0.15) is 4.90 Å². The summed E-state index contributed by atoms with van der Waals surface area (Å²) < 4.78 is 28.4. The lowest BCUT2D eigenvalue weighted by Crippen LogP contribution is -2.41. The predicted octanol–water partition coefficient (Wildman–Crippen LogP) is 0.734. The second-order valence-electron chi connectivity index (χ2n) is 5.19. The van der Waals surface area contributed by atoms with Crippen LogP contribution in [-0.4, -0.2) is 36.5 Å². The minimum Gasteiger partial charge on any atom is -0.394 e. The highest BCUT2D eigenvalue weighted by molar-refractivity contribution is 7.89. The number of aromatic nitrogens is 2. The standard InChI is InChI=1S/C12H21N3O3S/c1-2-12(4-3-5-12)10-14-19(17,18)11-8-13-15(9-11)6-7-16/h8-9,14,16H,2-7,10H2,1H3. The molecule has 0 aromatic carbocycles. The Morgan fingerprint density at radius 3 is 2.79 bits per heavy atom. The fraction of sp³-hybridized carbons (Fsp3) is 0.750. The Bertz CT molecular complexity index is 515. The smallest absolute Gasteiger partial charge is 0.243 e. The molecule has 1 aromatic rings. The van der Waals surface area contributed by atoms with E-state index in [1.165, 1.54) is 23.5 Å². The number of rotatable bonds is 7. The number of aliphatic hydroxyl groups excluding tert-OH is 1. The third-order valence-electron chi connectivity index (χ3n) is 4.05. The molecule has 0 atom stereocenters. The number of hydrogen-bond donors (Lipinski definition) is 2. The summed E-state index contributed by atoms with van der Waals surface area (Å²) >= 11 is 0. The Kier molecular flexibility index (Phi) is 4.27. The SMILES string of the molecule is CCC1(CNS(=O)(=O)c2cnn(CCO)c2)CCC1. The van der Waals surface area contributed by atoms with E-state index >= 15 is 0 Å². The fourth-order valence-electron chi connectivity index (χ4n) is 2.37. The lowest BCUT2D eigenvalue weighted by atomic mass is 9.67. The molecule has 0 spiro atoms. The highest BCUT2D eigenvalue weighted by atomic mass is 32.2. The summed E-state index contributed by atoms with van der Waals surface area (Å²) in [6, 6.07) is 0. The van der Waals surface area contributed by atoms with E-state index in [9.17, 15) is 8.42 Å². The van der Waals surface area contributed by atoms with E-state index in [1.54, 1.807) is 0 Å². The lowest BCUT2D eigenvalue weighted by molar-refractivity contribution is 0.133. The van der Waals surface area contributed by atoms with E-state index in [1.807, 2.05) is 0 Å². The van der Waals surface area contributed by atoms with Gasteiger partial charge < -0.3 is 5.11 Å². The minimum atomic E-state index is -3.49. The largest absolute Gasteiger partial charge is 0.394 e. The van der Waals surface area contributed by atoms with E-state index in [0.29, 0.717) is 13.1 Å². The number of sulfonamides is 1. The van der Waals surface area contributed by atoms with Gasteiger partial charge in [-0.2, -0.15) is 5.10 Å². The Balaban J connectivity index is 2.01. The summed E-state index contributed by atoms with van der Waals surface area (Å²) in [6.45, 7) is 2.84. The lowest BCUT2D eigenvalue weighted by Gasteiger charge is -2.41. The van der Waals surface area contributed by atoms with Crippen LogP contribution in [0.5, 0.6) is 0 Å². The molecule has 19 heavy (non-hydrogen) atoms. The van der Waals surface area contributed by atoms with Crippen molar-refractivity contribution in [2.24, 2.45) is 5.41 Å². The summed E-state index contributed by atoms with van der Waals surface area (Å²) in [4.78, 5) is 0.159. The summed E-state index contributed by atoms with van der Waals surface area (Å²) in [6.07, 6.45) is 7.13. The van der Waals surface area contributed by atoms with Crippen molar-refractivity contribution < 1.29 is 13.5 Å². The molecule has 0 bridgehead atoms. The first-order valence-corrected chi connectivity index (χ1v) is 8.13. The Morgan fingerprint density at radius 1 is 1.53 bits per heavy atom. The van der Waals surface area contributed by atoms with Crippen molar-refractivity contribution in [2.75, 3.05) is 13.2 Å². The van der Waals surface area contributed by atoms with Crippen LogP contribution in [0.1, 0.15) is 32.6 Å². The number of nitrogens with one attached hydrogen (secondary N) is 1. The molecule has 0 amide bonds. The van der Waals surface area contributed by atoms with Gasteiger partial charge in [0.05, 0.1) is 19.3 Å². The zero-order valence-electron chi connectivity index (χ0n) is 11.2. The van der Waals surface area contributed by atoms with Gasteiger partial charge in [-0.15, -0.1) is 0 Å². The van der Waals surface area contributed by atoms with Gasteiger partial charge in [0.2, 0.25) is 10.0 Å². The average Bonchev–Trinajstić information content (AvgIpc) is 2.78. The molecule has 0 unspecified atom stereocenters. The van der Waals surface area contributed by atoms with Gasteiger partial charge in [-0.25, -0.2) is 13.1 Å². The molecule has 1 aliphatic rings. The van der Waals surface area contributed by atoms with E-state index < -0.39 is 10.0 Å². The molecule has 2 N–H and O–H groups in total. The van der Waals surface area contributed by atoms with E-state index in [-0.39, 0.29) is 16.9 Å². The zero-order valence-corrected chi connectivity index (χ0v) is 12.0. The predicted molar refractivity (Wildman–Crippen MR) is 71.1 cm³/mol. The maximum Gasteiger partial charge on any atom is 0.243 e. The molecule has 0 saturated heterocycles. The summed E-state index contributed by atoms with van der Waals surface area (Å²) in [5, 5.41) is 12.7. The van der Waals surface area contributed by atoms with Crippen molar-refractivity contribution in [3.8, 4) is 0 Å². The van der Waals surface area contributed by atoms with Crippen LogP contribution in [-0.2, 0) is 16.6 Å². The molecule has 7 heteroatoms. The Hall–Kier alpha value is -0.920. The second kappa shape index (κ2) is 5.60. The first kappa shape index (κ1) is 14.5. The van der Waals surface area contributed by atoms with Crippen molar-refractivity contribution in [1.29, 1.82) is 0 Å². The highest BCUT2D eigenvalue weighted by Crippen LogP contribution is 2.43. The van der Waals surface area contributed by atoms with E-state index in [4.69, 9.17) is 5.11 Å². The van der Waals surface area contributed by atoms with Gasteiger partial charge in [-0.3, -0.25) is 4.68 Å². The molecule has 1 heterocycles. The van der Waals surface area contributed by atoms with Crippen molar-refractivity contribution in [3.63, 3.8) is 0 Å². The Labute approximate surface area is 113 Å². The number of aliphatic hydroxyl groups is 1. The second-order valence-corrected chi connectivity index (χ2v) is 6.96. The molecule has 1 aromatic heterocycles. The quantitative estimate of drug-likeness (QED) is 0.774. The van der Waals surface area contributed by atoms with Gasteiger partial charge >= 0.3 is 0 Å². The highest BCUT2D eigenvalue weighted by Gasteiger charge is 2.36. The van der Waals surface area contributed by atoms with Gasteiger partial charge in [0, 0.05) is 12.7 Å². The molecule has 1 fully saturated rings. The normalized spacial score (nSPS) is 18.2. The summed E-state index contributed by atoms with van der Waals surface area (Å²) in [5.41, 5.74) is 0.147. The van der Waals surface area contributed by atoms with Crippen LogP contribution in [0.15, 0.2) is 17.3 Å². The van der Waals surface area contributed by atoms with Gasteiger partial charge in [-0.1, -0.05) is 13.3 Å². The first-order chi connectivity index (χ1) is 9.01. The van der Waals surface area contributed by atoms with E-state index in [0.717, 1.165) is 19.3 Å². The topological polar surface area (TPSA) is 84.2 Å².